The van der Waals surface area contributed by atoms with Crippen molar-refractivity contribution in [3.8, 4) is 0 Å². The van der Waals surface area contributed by atoms with Gasteiger partial charge in [0.15, 0.2) is 0 Å². The second-order valence-corrected chi connectivity index (χ2v) is 14.4. The van der Waals surface area contributed by atoms with Gasteiger partial charge < -0.3 is 0 Å². The first-order valence-electron chi connectivity index (χ1n) is 11.9. The van der Waals surface area contributed by atoms with Crippen molar-refractivity contribution in [2.24, 2.45) is 4.74 Å². The third kappa shape index (κ3) is 5.23. The van der Waals surface area contributed by atoms with Gasteiger partial charge in [0.1, 0.15) is 0 Å². The van der Waals surface area contributed by atoms with Crippen LogP contribution in [0, 0.1) is 6.92 Å². The minimum absolute atomic E-state index is 0.636. The molecule has 0 unspecified atom stereocenters. The molecule has 0 aliphatic carbocycles. The zero-order chi connectivity index (χ0) is 23.9. The molecule has 0 saturated carbocycles. The fourth-order valence-corrected chi connectivity index (χ4v) is 12.7. The second kappa shape index (κ2) is 11.0. The third-order valence-electron chi connectivity index (χ3n) is 6.24. The van der Waals surface area contributed by atoms with Crippen molar-refractivity contribution in [2.75, 3.05) is 5.90 Å². The molecule has 0 fully saturated rings. The predicted octanol–water partition coefficient (Wildman–Crippen LogP) is 7.57. The lowest BCUT2D eigenvalue weighted by Gasteiger charge is -2.31. The molecule has 0 aliphatic heterocycles. The number of hydrogen-bond acceptors (Lipinski definition) is 1. The first-order chi connectivity index (χ1) is 17.3. The minimum Gasteiger partial charge on any atom is -0.258 e. The molecule has 35 heavy (non-hydrogen) atoms. The molecule has 0 amide bonds. The van der Waals surface area contributed by atoms with Crippen LogP contribution < -0.4 is 21.2 Å². The molecule has 0 atom stereocenters. The van der Waals surface area contributed by atoms with Crippen LogP contribution in [0.3, 0.4) is 0 Å². The van der Waals surface area contributed by atoms with Gasteiger partial charge in [-0.25, -0.2) is 0 Å². The van der Waals surface area contributed by atoms with E-state index in [0.29, 0.717) is 0 Å². The maximum absolute atomic E-state index is 5.75. The Labute approximate surface area is 210 Å². The molecule has 0 N–H and O–H groups in total. The van der Waals surface area contributed by atoms with E-state index < -0.39 is 15.0 Å². The van der Waals surface area contributed by atoms with Crippen molar-refractivity contribution in [3.63, 3.8) is 0 Å². The SMILES string of the molecule is Cc1ccccc1N=P(CP(c1ccccc1)c1ccccc1)(c1ccccc1)c1ccccc1. The van der Waals surface area contributed by atoms with Crippen molar-refractivity contribution < 1.29 is 0 Å². The third-order valence-corrected chi connectivity index (χ3v) is 13.7. The summed E-state index contributed by atoms with van der Waals surface area (Å²) >= 11 is 0. The van der Waals surface area contributed by atoms with Gasteiger partial charge in [0.2, 0.25) is 0 Å². The summed E-state index contributed by atoms with van der Waals surface area (Å²) in [6.45, 7) is 2.17. The van der Waals surface area contributed by atoms with Crippen molar-refractivity contribution in [1.29, 1.82) is 0 Å². The van der Waals surface area contributed by atoms with Crippen LogP contribution in [0.1, 0.15) is 5.56 Å². The zero-order valence-corrected chi connectivity index (χ0v) is 21.7. The van der Waals surface area contributed by atoms with Gasteiger partial charge in [0, 0.05) is 13.0 Å². The maximum atomic E-state index is 5.75. The van der Waals surface area contributed by atoms with Crippen LogP contribution in [0.2, 0.25) is 0 Å². The Morgan fingerprint density at radius 2 is 0.914 bits per heavy atom. The smallest absolute Gasteiger partial charge is 0.0650 e. The molecular formula is C32H29NP2. The summed E-state index contributed by atoms with van der Waals surface area (Å²) in [4.78, 5) is 0. The van der Waals surface area contributed by atoms with Crippen LogP contribution in [-0.2, 0) is 0 Å². The van der Waals surface area contributed by atoms with E-state index in [0.717, 1.165) is 11.6 Å². The fraction of sp³-hybridized carbons (Fsp3) is 0.0625. The van der Waals surface area contributed by atoms with Gasteiger partial charge in [0.25, 0.3) is 0 Å². The number of benzene rings is 5. The van der Waals surface area contributed by atoms with Crippen molar-refractivity contribution in [3.05, 3.63) is 151 Å². The van der Waals surface area contributed by atoms with Gasteiger partial charge in [-0.15, -0.1) is 0 Å². The maximum Gasteiger partial charge on any atom is 0.0650 e. The van der Waals surface area contributed by atoms with E-state index in [1.165, 1.54) is 26.8 Å². The van der Waals surface area contributed by atoms with Gasteiger partial charge in [-0.2, -0.15) is 0 Å². The topological polar surface area (TPSA) is 12.4 Å². The lowest BCUT2D eigenvalue weighted by Crippen LogP contribution is -2.23. The van der Waals surface area contributed by atoms with E-state index >= 15 is 0 Å². The first kappa shape index (κ1) is 23.5. The Hall–Kier alpha value is -3.24. The molecule has 5 aromatic rings. The second-order valence-electron chi connectivity index (χ2n) is 8.57. The van der Waals surface area contributed by atoms with E-state index in [2.05, 4.69) is 153 Å². The highest BCUT2D eigenvalue weighted by Gasteiger charge is 2.30. The molecular weight excluding hydrogens is 460 g/mol. The van der Waals surface area contributed by atoms with E-state index in [-0.39, 0.29) is 0 Å². The van der Waals surface area contributed by atoms with Gasteiger partial charge in [-0.3, -0.25) is 4.74 Å². The average molecular weight is 490 g/mol. The quantitative estimate of drug-likeness (QED) is 0.209. The summed E-state index contributed by atoms with van der Waals surface area (Å²) in [5, 5.41) is 5.44. The number of hydrogen-bond donors (Lipinski definition) is 0. The molecule has 0 spiro atoms. The van der Waals surface area contributed by atoms with Crippen LogP contribution >= 0.6 is 15.0 Å². The van der Waals surface area contributed by atoms with Gasteiger partial charge in [-0.05, 0) is 47.7 Å². The van der Waals surface area contributed by atoms with Gasteiger partial charge in [-0.1, -0.05) is 140 Å². The van der Waals surface area contributed by atoms with Crippen LogP contribution in [-0.4, -0.2) is 5.90 Å². The summed E-state index contributed by atoms with van der Waals surface area (Å²) < 4.78 is 5.75. The predicted molar refractivity (Wildman–Crippen MR) is 156 cm³/mol. The molecule has 1 nitrogen and oxygen atoms in total. The first-order valence-corrected chi connectivity index (χ1v) is 15.4. The van der Waals surface area contributed by atoms with Crippen LogP contribution in [0.4, 0.5) is 5.69 Å². The molecule has 0 saturated heterocycles. The Bertz CT molecular complexity index is 1330. The van der Waals surface area contributed by atoms with Crippen LogP contribution in [0.25, 0.3) is 0 Å². The minimum atomic E-state index is -2.18. The number of aryl methyl sites for hydroxylation is 1. The summed E-state index contributed by atoms with van der Waals surface area (Å²) in [6, 6.07) is 52.6. The van der Waals surface area contributed by atoms with Crippen molar-refractivity contribution >= 4 is 41.9 Å². The summed E-state index contributed by atoms with van der Waals surface area (Å²) in [5.41, 5.74) is 2.30. The zero-order valence-electron chi connectivity index (χ0n) is 19.9. The number of rotatable bonds is 7. The molecule has 172 valence electrons. The standard InChI is InChI=1S/C32H29NP2/c1-27-16-14-15-25-32(27)33-35(30-21-10-4-11-22-30,31-23-12-5-13-24-31)26-34(28-17-6-2-7-18-28)29-19-8-3-9-20-29/h2-25H,26H2,1H3. The molecule has 0 heterocycles. The highest BCUT2D eigenvalue weighted by molar-refractivity contribution is 7.92. The molecule has 0 aliphatic rings. The Morgan fingerprint density at radius 1 is 0.514 bits per heavy atom. The summed E-state index contributed by atoms with van der Waals surface area (Å²) in [6.07, 6.45) is 0. The molecule has 5 rings (SSSR count). The monoisotopic (exact) mass is 489 g/mol. The molecule has 5 aromatic carbocycles. The normalized spacial score (nSPS) is 11.4. The number of nitrogens with zero attached hydrogens (tertiary/aromatic N) is 1. The lowest BCUT2D eigenvalue weighted by atomic mass is 10.2. The van der Waals surface area contributed by atoms with E-state index in [1.54, 1.807) is 0 Å². The highest BCUT2D eigenvalue weighted by Crippen LogP contribution is 2.58. The van der Waals surface area contributed by atoms with Crippen molar-refractivity contribution in [1.82, 2.24) is 0 Å². The van der Waals surface area contributed by atoms with E-state index in [1.807, 2.05) is 0 Å². The summed E-state index contributed by atoms with van der Waals surface area (Å²) in [7, 11) is -2.82. The molecule has 0 radical (unpaired) electrons. The van der Waals surface area contributed by atoms with Gasteiger partial charge >= 0.3 is 0 Å². The molecule has 3 heteroatoms. The molecule has 0 bridgehead atoms. The summed E-state index contributed by atoms with van der Waals surface area (Å²) in [5.74, 6) is 0.985. The van der Waals surface area contributed by atoms with Crippen LogP contribution in [0.15, 0.2) is 150 Å². The highest BCUT2D eigenvalue weighted by atomic mass is 31.2. The van der Waals surface area contributed by atoms with Crippen molar-refractivity contribution in [2.45, 2.75) is 6.92 Å². The average Bonchev–Trinajstić information content (AvgIpc) is 2.94. The van der Waals surface area contributed by atoms with Crippen LogP contribution in [0.5, 0.6) is 0 Å². The Balaban J connectivity index is 1.82. The van der Waals surface area contributed by atoms with E-state index in [9.17, 15) is 0 Å². The largest absolute Gasteiger partial charge is 0.258 e. The Kier molecular flexibility index (Phi) is 7.39. The lowest BCUT2D eigenvalue weighted by molar-refractivity contribution is 1.41. The van der Waals surface area contributed by atoms with Gasteiger partial charge in [0.05, 0.1) is 5.69 Å². The Morgan fingerprint density at radius 3 is 1.37 bits per heavy atom. The van der Waals surface area contributed by atoms with E-state index in [4.69, 9.17) is 4.74 Å². The fourth-order valence-electron chi connectivity index (χ4n) is 4.40. The molecule has 0 aromatic heterocycles.